The van der Waals surface area contributed by atoms with Crippen molar-refractivity contribution in [3.8, 4) is 22.3 Å². The Morgan fingerprint density at radius 2 is 0.660 bits per heavy atom. The average molecular weight is 820 g/mol. The molecule has 0 spiro atoms. The van der Waals surface area contributed by atoms with Crippen LogP contribution in [0.2, 0.25) is 0 Å². The SMILES string of the molecule is CCCC[O][Sn]([O]CCCC)([CH]1c2ccc(C(C)(C)C)cc2-c2cc(C(C)(C)C)ccc21)[CH]1c2ccc(C(C)(C)C)cc2-c2cc(C(C)(C)C)ccc21. The van der Waals surface area contributed by atoms with E-state index in [-0.39, 0.29) is 29.5 Å². The monoisotopic (exact) mass is 820 g/mol. The summed E-state index contributed by atoms with van der Waals surface area (Å²) in [5.41, 5.74) is 16.9. The molecule has 0 atom stereocenters. The topological polar surface area (TPSA) is 18.5 Å². The molecule has 4 aromatic rings. The second kappa shape index (κ2) is 14.6. The van der Waals surface area contributed by atoms with E-state index in [9.17, 15) is 0 Å². The molecule has 0 saturated heterocycles. The number of benzene rings is 4. The van der Waals surface area contributed by atoms with Crippen molar-refractivity contribution in [2.24, 2.45) is 0 Å². The molecule has 2 aliphatic rings. The van der Waals surface area contributed by atoms with E-state index in [1.807, 2.05) is 0 Å². The van der Waals surface area contributed by atoms with Gasteiger partial charge in [0.1, 0.15) is 0 Å². The molecule has 0 unspecified atom stereocenters. The Morgan fingerprint density at radius 3 is 0.868 bits per heavy atom. The third-order valence-corrected chi connectivity index (χ3v) is 23.8. The standard InChI is InChI=1S/2C21H25.2C4H9O.Sn/c2*1-20(2,3)16-9-7-14-11-15-8-10-17(21(4,5)6)13-19(15)18(14)12-16;2*1-2-3-4-5;/h2*7-13H,1-6H3;2*2-4H2,1H3;/q;;2*-1;+2. The summed E-state index contributed by atoms with van der Waals surface area (Å²) in [7, 11) is 0. The van der Waals surface area contributed by atoms with E-state index >= 15 is 0 Å². The van der Waals surface area contributed by atoms with Crippen LogP contribution in [0.25, 0.3) is 22.3 Å². The molecule has 0 heterocycles. The number of rotatable bonds is 10. The van der Waals surface area contributed by atoms with Gasteiger partial charge in [-0.15, -0.1) is 0 Å². The molecule has 3 heteroatoms. The van der Waals surface area contributed by atoms with Crippen LogP contribution in [0, 0.1) is 0 Å². The van der Waals surface area contributed by atoms with Crippen molar-refractivity contribution in [2.45, 2.75) is 152 Å². The van der Waals surface area contributed by atoms with Crippen LogP contribution in [-0.4, -0.2) is 32.4 Å². The van der Waals surface area contributed by atoms with Gasteiger partial charge in [0.25, 0.3) is 0 Å². The van der Waals surface area contributed by atoms with Crippen molar-refractivity contribution in [2.75, 3.05) is 13.2 Å². The molecule has 0 radical (unpaired) electrons. The quantitative estimate of drug-likeness (QED) is 0.117. The van der Waals surface area contributed by atoms with Gasteiger partial charge >= 0.3 is 330 Å². The summed E-state index contributed by atoms with van der Waals surface area (Å²) < 4.78 is 15.8. The van der Waals surface area contributed by atoms with Gasteiger partial charge in [0.05, 0.1) is 0 Å². The number of hydrogen-bond donors (Lipinski definition) is 0. The molecule has 2 nitrogen and oxygen atoms in total. The molecule has 284 valence electrons. The minimum atomic E-state index is -4.44. The predicted molar refractivity (Wildman–Crippen MR) is 230 cm³/mol. The molecule has 0 fully saturated rings. The molecule has 0 saturated carbocycles. The van der Waals surface area contributed by atoms with Crippen LogP contribution in [0.3, 0.4) is 0 Å². The van der Waals surface area contributed by atoms with E-state index in [4.69, 9.17) is 6.15 Å². The molecule has 0 aliphatic heterocycles. The maximum atomic E-state index is 7.79. The van der Waals surface area contributed by atoms with Crippen LogP contribution < -0.4 is 0 Å². The van der Waals surface area contributed by atoms with Crippen LogP contribution >= 0.6 is 0 Å². The van der Waals surface area contributed by atoms with Gasteiger partial charge < -0.3 is 0 Å². The van der Waals surface area contributed by atoms with E-state index in [1.165, 1.54) is 66.8 Å². The molecule has 2 aliphatic carbocycles. The van der Waals surface area contributed by atoms with E-state index in [1.54, 1.807) is 0 Å². The Balaban J connectivity index is 1.71. The molecule has 4 aromatic carbocycles. The maximum absolute atomic E-state index is 7.79. The van der Waals surface area contributed by atoms with Crippen molar-refractivity contribution in [3.05, 3.63) is 117 Å². The summed E-state index contributed by atoms with van der Waals surface area (Å²) in [6.45, 7) is 34.1. The Hall–Kier alpha value is -2.40. The van der Waals surface area contributed by atoms with Crippen LogP contribution in [0.5, 0.6) is 0 Å². The summed E-state index contributed by atoms with van der Waals surface area (Å²) in [6.07, 6.45) is 4.26. The van der Waals surface area contributed by atoms with Crippen LogP contribution in [0.4, 0.5) is 0 Å². The fraction of sp³-hybridized carbons (Fsp3) is 0.520. The van der Waals surface area contributed by atoms with Gasteiger partial charge in [-0.1, -0.05) is 0 Å². The summed E-state index contributed by atoms with van der Waals surface area (Å²) >= 11 is -4.44. The zero-order chi connectivity index (χ0) is 38.7. The van der Waals surface area contributed by atoms with E-state index in [0.29, 0.717) is 0 Å². The first-order chi connectivity index (χ1) is 24.7. The Kier molecular flexibility index (Phi) is 11.1. The normalized spacial score (nSPS) is 15.1. The Morgan fingerprint density at radius 1 is 0.415 bits per heavy atom. The molecule has 0 aromatic heterocycles. The second-order valence-electron chi connectivity index (χ2n) is 20.2. The van der Waals surface area contributed by atoms with Gasteiger partial charge in [0.15, 0.2) is 0 Å². The molecule has 0 N–H and O–H groups in total. The predicted octanol–water partition coefficient (Wildman–Crippen LogP) is 14.0. The summed E-state index contributed by atoms with van der Waals surface area (Å²) in [6, 6.07) is 29.5. The van der Waals surface area contributed by atoms with E-state index < -0.39 is 19.2 Å². The Labute approximate surface area is 328 Å². The van der Waals surface area contributed by atoms with Gasteiger partial charge in [0, 0.05) is 0 Å². The molecular weight excluding hydrogens is 751 g/mol. The van der Waals surface area contributed by atoms with Crippen molar-refractivity contribution >= 4 is 19.2 Å². The first-order valence-corrected chi connectivity index (χ1v) is 26.2. The van der Waals surface area contributed by atoms with E-state index in [2.05, 4.69) is 170 Å². The van der Waals surface area contributed by atoms with Gasteiger partial charge in [-0.2, -0.15) is 0 Å². The average Bonchev–Trinajstić information content (AvgIpc) is 3.58. The van der Waals surface area contributed by atoms with Crippen LogP contribution in [0.1, 0.15) is 175 Å². The summed E-state index contributed by atoms with van der Waals surface area (Å²) in [5.74, 6) is 0. The van der Waals surface area contributed by atoms with Gasteiger partial charge in [0.2, 0.25) is 0 Å². The van der Waals surface area contributed by atoms with Crippen LogP contribution in [-0.2, 0) is 27.8 Å². The minimum absolute atomic E-state index is 0.0450. The fourth-order valence-corrected chi connectivity index (χ4v) is 22.1. The van der Waals surface area contributed by atoms with E-state index in [0.717, 1.165) is 38.9 Å². The van der Waals surface area contributed by atoms with Crippen molar-refractivity contribution in [1.82, 2.24) is 0 Å². The van der Waals surface area contributed by atoms with Gasteiger partial charge in [-0.05, 0) is 0 Å². The molecule has 0 amide bonds. The van der Waals surface area contributed by atoms with Crippen molar-refractivity contribution < 1.29 is 6.15 Å². The number of unbranched alkanes of at least 4 members (excludes halogenated alkanes) is 2. The van der Waals surface area contributed by atoms with Crippen molar-refractivity contribution in [3.63, 3.8) is 0 Å². The first-order valence-electron chi connectivity index (χ1n) is 20.6. The van der Waals surface area contributed by atoms with Crippen LogP contribution in [0.15, 0.2) is 72.8 Å². The second-order valence-corrected chi connectivity index (χ2v) is 29.3. The summed E-state index contributed by atoms with van der Waals surface area (Å²) in [4.78, 5) is 0. The summed E-state index contributed by atoms with van der Waals surface area (Å²) in [5, 5.41) is 0. The number of hydrogen-bond acceptors (Lipinski definition) is 2. The van der Waals surface area contributed by atoms with Gasteiger partial charge in [-0.25, -0.2) is 0 Å². The fourth-order valence-electron chi connectivity index (χ4n) is 8.53. The molecule has 0 bridgehead atoms. The zero-order valence-corrected chi connectivity index (χ0v) is 38.5. The zero-order valence-electron chi connectivity index (χ0n) is 35.6. The molecular formula is C50H68O2Sn. The Bertz CT molecular complexity index is 1690. The third-order valence-electron chi connectivity index (χ3n) is 12.0. The van der Waals surface area contributed by atoms with Gasteiger partial charge in [-0.3, -0.25) is 0 Å². The first kappa shape index (κ1) is 40.3. The molecule has 53 heavy (non-hydrogen) atoms. The third kappa shape index (κ3) is 7.60. The number of fused-ring (bicyclic) bond motifs is 6. The van der Waals surface area contributed by atoms with Crippen molar-refractivity contribution in [1.29, 1.82) is 0 Å². The molecule has 6 rings (SSSR count).